The molecule has 0 heterocycles. The van der Waals surface area contributed by atoms with E-state index >= 15 is 0 Å². The number of alkyl halides is 1. The van der Waals surface area contributed by atoms with Crippen molar-refractivity contribution in [1.82, 2.24) is 0 Å². The first-order valence-electron chi connectivity index (χ1n) is 5.06. The van der Waals surface area contributed by atoms with Crippen molar-refractivity contribution in [2.45, 2.75) is 25.5 Å². The molecule has 0 spiro atoms. The molecule has 0 saturated heterocycles. The first-order chi connectivity index (χ1) is 7.45. The van der Waals surface area contributed by atoms with E-state index in [9.17, 15) is 4.21 Å². The van der Waals surface area contributed by atoms with Gasteiger partial charge in [0.25, 0.3) is 0 Å². The van der Waals surface area contributed by atoms with E-state index in [1.54, 1.807) is 0 Å². The zero-order chi connectivity index (χ0) is 12.2. The fraction of sp³-hybridized carbons (Fsp3) is 0.417. The number of benzene rings is 1. The Morgan fingerprint density at radius 2 is 1.88 bits per heavy atom. The number of halogens is 1. The lowest BCUT2D eigenvalue weighted by Crippen LogP contribution is -2.21. The third-order valence-electron chi connectivity index (χ3n) is 1.95. The second kappa shape index (κ2) is 5.73. The first kappa shape index (κ1) is 13.6. The van der Waals surface area contributed by atoms with Gasteiger partial charge in [0.05, 0.1) is 10.5 Å². The molecule has 0 bridgehead atoms. The van der Waals surface area contributed by atoms with Crippen LogP contribution in [0.2, 0.25) is 0 Å². The lowest BCUT2D eigenvalue weighted by molar-refractivity contribution is 0.650. The van der Waals surface area contributed by atoms with Gasteiger partial charge in [0.1, 0.15) is 11.0 Å². The van der Waals surface area contributed by atoms with E-state index in [0.29, 0.717) is 5.33 Å². The highest BCUT2D eigenvalue weighted by Gasteiger charge is 2.19. The minimum atomic E-state index is -1.21. The molecule has 0 aliphatic rings. The summed E-state index contributed by atoms with van der Waals surface area (Å²) in [4.78, 5) is 0. The van der Waals surface area contributed by atoms with Gasteiger partial charge in [-0.3, -0.25) is 0 Å². The van der Waals surface area contributed by atoms with Crippen LogP contribution in [0.5, 0.6) is 0 Å². The summed E-state index contributed by atoms with van der Waals surface area (Å²) in [6, 6.07) is 9.80. The van der Waals surface area contributed by atoms with E-state index in [0.717, 1.165) is 11.3 Å². The van der Waals surface area contributed by atoms with Crippen LogP contribution in [0, 0.1) is 0 Å². The number of nitrogens with zero attached hydrogens (tertiary/aromatic N) is 1. The highest BCUT2D eigenvalue weighted by molar-refractivity contribution is 9.09. The molecule has 4 heteroatoms. The van der Waals surface area contributed by atoms with E-state index in [1.807, 2.05) is 51.1 Å². The van der Waals surface area contributed by atoms with Crippen molar-refractivity contribution in [2.24, 2.45) is 4.40 Å². The van der Waals surface area contributed by atoms with Crippen LogP contribution in [0.3, 0.4) is 0 Å². The van der Waals surface area contributed by atoms with Crippen molar-refractivity contribution in [3.63, 3.8) is 0 Å². The molecule has 0 fully saturated rings. The van der Waals surface area contributed by atoms with Crippen LogP contribution in [0.15, 0.2) is 34.7 Å². The van der Waals surface area contributed by atoms with E-state index < -0.39 is 11.0 Å². The fourth-order valence-corrected chi connectivity index (χ4v) is 2.28. The molecule has 0 radical (unpaired) electrons. The molecule has 0 aliphatic carbocycles. The topological polar surface area (TPSA) is 29.4 Å². The molecule has 0 amide bonds. The summed E-state index contributed by atoms with van der Waals surface area (Å²) in [5, 5.41) is 0.610. The lowest BCUT2D eigenvalue weighted by Gasteiger charge is -2.14. The van der Waals surface area contributed by atoms with Gasteiger partial charge in [-0.2, -0.15) is 4.40 Å². The van der Waals surface area contributed by atoms with Gasteiger partial charge in [0.15, 0.2) is 0 Å². The third-order valence-corrected chi connectivity index (χ3v) is 3.92. The summed E-state index contributed by atoms with van der Waals surface area (Å²) >= 11 is 3.38. The second-order valence-corrected chi connectivity index (χ2v) is 6.87. The van der Waals surface area contributed by atoms with E-state index in [-0.39, 0.29) is 4.75 Å². The molecule has 88 valence electrons. The van der Waals surface area contributed by atoms with Crippen LogP contribution in [0.4, 0.5) is 0 Å². The molecule has 1 aromatic rings. The van der Waals surface area contributed by atoms with Crippen LogP contribution in [-0.4, -0.2) is 20.0 Å². The molecular formula is C12H16BrNOS. The van der Waals surface area contributed by atoms with Crippen molar-refractivity contribution >= 4 is 32.6 Å². The minimum absolute atomic E-state index is 0.317. The van der Waals surface area contributed by atoms with Crippen molar-refractivity contribution in [3.8, 4) is 0 Å². The summed E-state index contributed by atoms with van der Waals surface area (Å²) in [5.74, 6) is 0. The van der Waals surface area contributed by atoms with Gasteiger partial charge in [0, 0.05) is 5.33 Å². The van der Waals surface area contributed by atoms with Crippen molar-refractivity contribution in [3.05, 3.63) is 35.9 Å². The quantitative estimate of drug-likeness (QED) is 0.622. The molecule has 1 aromatic carbocycles. The molecule has 0 N–H and O–H groups in total. The van der Waals surface area contributed by atoms with Crippen molar-refractivity contribution in [1.29, 1.82) is 0 Å². The van der Waals surface area contributed by atoms with Gasteiger partial charge in [-0.25, -0.2) is 4.21 Å². The highest BCUT2D eigenvalue weighted by atomic mass is 79.9. The minimum Gasteiger partial charge on any atom is -0.234 e. The predicted molar refractivity (Wildman–Crippen MR) is 74.7 cm³/mol. The molecule has 0 aromatic heterocycles. The highest BCUT2D eigenvalue weighted by Crippen LogP contribution is 2.14. The number of hydrogen-bond donors (Lipinski definition) is 0. The average Bonchev–Trinajstić information content (AvgIpc) is 2.25. The zero-order valence-electron chi connectivity index (χ0n) is 9.74. The van der Waals surface area contributed by atoms with E-state index in [4.69, 9.17) is 0 Å². The Labute approximate surface area is 108 Å². The molecule has 1 rings (SSSR count). The summed E-state index contributed by atoms with van der Waals surface area (Å²) in [5.41, 5.74) is 1.84. The van der Waals surface area contributed by atoms with Crippen molar-refractivity contribution in [2.75, 3.05) is 5.33 Å². The molecule has 1 unspecified atom stereocenters. The van der Waals surface area contributed by atoms with Gasteiger partial charge < -0.3 is 0 Å². The number of rotatable bonds is 3. The van der Waals surface area contributed by atoms with Gasteiger partial charge >= 0.3 is 0 Å². The second-order valence-electron chi connectivity index (χ2n) is 4.40. The van der Waals surface area contributed by atoms with Crippen LogP contribution in [0.25, 0.3) is 0 Å². The van der Waals surface area contributed by atoms with Crippen LogP contribution in [-0.2, 0) is 11.0 Å². The Morgan fingerprint density at radius 3 is 2.31 bits per heavy atom. The van der Waals surface area contributed by atoms with E-state index in [1.165, 1.54) is 0 Å². The van der Waals surface area contributed by atoms with Gasteiger partial charge in [0.2, 0.25) is 0 Å². The predicted octanol–water partition coefficient (Wildman–Crippen LogP) is 3.33. The summed E-state index contributed by atoms with van der Waals surface area (Å²) in [6.45, 7) is 5.76. The zero-order valence-corrected chi connectivity index (χ0v) is 12.1. The van der Waals surface area contributed by atoms with Crippen LogP contribution < -0.4 is 0 Å². The molecule has 16 heavy (non-hydrogen) atoms. The lowest BCUT2D eigenvalue weighted by atomic mass is 10.1. The molecule has 1 atom stereocenters. The molecule has 0 aliphatic heterocycles. The summed E-state index contributed by atoms with van der Waals surface area (Å²) < 4.78 is 15.9. The third kappa shape index (κ3) is 3.83. The van der Waals surface area contributed by atoms with Crippen molar-refractivity contribution < 1.29 is 4.21 Å². The smallest absolute Gasteiger partial charge is 0.145 e. The Kier molecular flexibility index (Phi) is 4.87. The SMILES string of the molecule is CC(C)(C)S(=O)/N=C(\CBr)c1ccccc1. The molecular weight excluding hydrogens is 286 g/mol. The standard InChI is InChI=1S/C12H16BrNOS/c1-12(2,3)16(15)14-11(9-13)10-7-5-4-6-8-10/h4-8H,9H2,1-3H3/b14-11+. The Hall–Kier alpha value is -0.480. The molecule has 0 saturated carbocycles. The maximum absolute atomic E-state index is 11.9. The summed E-state index contributed by atoms with van der Waals surface area (Å²) in [7, 11) is -1.21. The van der Waals surface area contributed by atoms with Gasteiger partial charge in [-0.1, -0.05) is 46.3 Å². The molecule has 2 nitrogen and oxygen atoms in total. The van der Waals surface area contributed by atoms with E-state index in [2.05, 4.69) is 20.3 Å². The maximum Gasteiger partial charge on any atom is 0.145 e. The monoisotopic (exact) mass is 301 g/mol. The normalized spacial score (nSPS) is 14.9. The van der Waals surface area contributed by atoms with Gasteiger partial charge in [-0.15, -0.1) is 0 Å². The number of hydrogen-bond acceptors (Lipinski definition) is 1. The Bertz CT molecular complexity index is 395. The largest absolute Gasteiger partial charge is 0.234 e. The first-order valence-corrected chi connectivity index (χ1v) is 7.29. The maximum atomic E-state index is 11.9. The fourth-order valence-electron chi connectivity index (χ4n) is 1.02. The summed E-state index contributed by atoms with van der Waals surface area (Å²) in [6.07, 6.45) is 0. The van der Waals surface area contributed by atoms with Gasteiger partial charge in [-0.05, 0) is 26.3 Å². The Morgan fingerprint density at radius 1 is 1.31 bits per heavy atom. The Balaban J connectivity index is 3.00. The average molecular weight is 302 g/mol. The van der Waals surface area contributed by atoms with Crippen LogP contribution >= 0.6 is 15.9 Å². The van der Waals surface area contributed by atoms with Crippen LogP contribution in [0.1, 0.15) is 26.3 Å².